The van der Waals surface area contributed by atoms with Gasteiger partial charge in [-0.2, -0.15) is 0 Å². The van der Waals surface area contributed by atoms with E-state index in [4.69, 9.17) is 0 Å². The number of benzene rings is 8. The second-order valence-corrected chi connectivity index (χ2v) is 13.2. The topological polar surface area (TPSA) is 0 Å². The Morgan fingerprint density at radius 3 is 1.44 bits per heavy atom. The number of hydrogen-bond acceptors (Lipinski definition) is 0. The van der Waals surface area contributed by atoms with Crippen LogP contribution in [-0.4, -0.2) is 0 Å². The highest BCUT2D eigenvalue weighted by molar-refractivity contribution is 6.29. The van der Waals surface area contributed by atoms with Gasteiger partial charge in [0.05, 0.1) is 0 Å². The first kappa shape index (κ1) is 24.9. The lowest BCUT2D eigenvalue weighted by atomic mass is 9.67. The van der Waals surface area contributed by atoms with Crippen LogP contribution in [0.15, 0.2) is 146 Å². The number of hydrogen-bond donors (Lipinski definition) is 0. The van der Waals surface area contributed by atoms with Crippen LogP contribution in [-0.2, 0) is 5.41 Å². The second kappa shape index (κ2) is 8.80. The molecule has 45 heavy (non-hydrogen) atoms. The Labute approximate surface area is 263 Å². The lowest BCUT2D eigenvalue weighted by Crippen LogP contribution is -2.23. The molecule has 0 nitrogen and oxygen atoms in total. The van der Waals surface area contributed by atoms with Crippen LogP contribution < -0.4 is 0 Å². The summed E-state index contributed by atoms with van der Waals surface area (Å²) >= 11 is 0. The third kappa shape index (κ3) is 3.21. The van der Waals surface area contributed by atoms with Crippen molar-refractivity contribution in [3.05, 3.63) is 157 Å². The molecule has 0 radical (unpaired) electrons. The minimum Gasteiger partial charge on any atom is -0.0622 e. The van der Waals surface area contributed by atoms with Crippen molar-refractivity contribution in [2.45, 2.75) is 19.3 Å². The Morgan fingerprint density at radius 2 is 0.844 bits per heavy atom. The first-order chi connectivity index (χ1) is 22.1. The van der Waals surface area contributed by atoms with E-state index in [2.05, 4.69) is 159 Å². The molecular weight excluding hydrogens is 540 g/mol. The SMILES string of the molecule is CC1(C)c2cc3ccccc3cc2-c2ccc3c4c(ccc1c24)-c1c-3c(-c2ccccc2)c2ccccc2c1-c1ccccc1. The smallest absolute Gasteiger partial charge is 0.0159 e. The highest BCUT2D eigenvalue weighted by atomic mass is 14.4. The summed E-state index contributed by atoms with van der Waals surface area (Å²) < 4.78 is 0. The summed E-state index contributed by atoms with van der Waals surface area (Å²) in [6, 6.07) is 54.4. The average Bonchev–Trinajstić information content (AvgIpc) is 3.42. The molecule has 0 aliphatic heterocycles. The molecule has 0 N–H and O–H groups in total. The van der Waals surface area contributed by atoms with Crippen molar-refractivity contribution in [3.8, 4) is 55.6 Å². The van der Waals surface area contributed by atoms with Crippen molar-refractivity contribution in [2.75, 3.05) is 0 Å². The summed E-state index contributed by atoms with van der Waals surface area (Å²) in [7, 11) is 0. The third-order valence-electron chi connectivity index (χ3n) is 10.6. The normalized spacial score (nSPS) is 13.7. The van der Waals surface area contributed by atoms with E-state index in [1.807, 2.05) is 0 Å². The van der Waals surface area contributed by atoms with Gasteiger partial charge < -0.3 is 0 Å². The first-order valence-corrected chi connectivity index (χ1v) is 16.0. The predicted molar refractivity (Wildman–Crippen MR) is 192 cm³/mol. The standard InChI is InChI=1S/C45H30/c1-45(2)37-24-23-35-41-34(22-21-33(42(37)41)36-25-29-17-9-10-18-30(29)26-38(36)45)43-39(27-13-5-3-6-14-27)31-19-11-12-20-32(31)40(44(35)43)28-15-7-4-8-16-28/h3-26H,1-2H3. The van der Waals surface area contributed by atoms with E-state index in [1.54, 1.807) is 0 Å². The molecule has 0 bridgehead atoms. The molecule has 8 aromatic rings. The maximum Gasteiger partial charge on any atom is 0.0159 e. The van der Waals surface area contributed by atoms with Crippen LogP contribution in [0.3, 0.4) is 0 Å². The highest BCUT2D eigenvalue weighted by Gasteiger charge is 2.38. The van der Waals surface area contributed by atoms with Gasteiger partial charge in [-0.1, -0.05) is 147 Å². The Morgan fingerprint density at radius 1 is 0.356 bits per heavy atom. The Kier molecular flexibility index (Phi) is 4.88. The molecule has 0 unspecified atom stereocenters. The zero-order valence-corrected chi connectivity index (χ0v) is 25.4. The molecule has 2 aliphatic rings. The van der Waals surface area contributed by atoms with Gasteiger partial charge in [0, 0.05) is 5.41 Å². The summed E-state index contributed by atoms with van der Waals surface area (Å²) in [6.07, 6.45) is 0. The van der Waals surface area contributed by atoms with E-state index in [0.717, 1.165) is 0 Å². The van der Waals surface area contributed by atoms with Gasteiger partial charge in [0.15, 0.2) is 0 Å². The van der Waals surface area contributed by atoms with Crippen LogP contribution in [0.5, 0.6) is 0 Å². The van der Waals surface area contributed by atoms with Gasteiger partial charge in [-0.25, -0.2) is 0 Å². The van der Waals surface area contributed by atoms with Crippen LogP contribution >= 0.6 is 0 Å². The minimum atomic E-state index is -0.131. The summed E-state index contributed by atoms with van der Waals surface area (Å²) in [5.74, 6) is 0. The fourth-order valence-electron chi connectivity index (χ4n) is 8.57. The molecule has 0 saturated heterocycles. The molecule has 0 saturated carbocycles. The quantitative estimate of drug-likeness (QED) is 0.194. The van der Waals surface area contributed by atoms with E-state index in [1.165, 1.54) is 99.1 Å². The van der Waals surface area contributed by atoms with Crippen LogP contribution in [0.1, 0.15) is 25.0 Å². The predicted octanol–water partition coefficient (Wildman–Crippen LogP) is 12.4. The van der Waals surface area contributed by atoms with Crippen molar-refractivity contribution < 1.29 is 0 Å². The second-order valence-electron chi connectivity index (χ2n) is 13.2. The van der Waals surface area contributed by atoms with Crippen molar-refractivity contribution in [1.82, 2.24) is 0 Å². The van der Waals surface area contributed by atoms with Crippen LogP contribution in [0.4, 0.5) is 0 Å². The van der Waals surface area contributed by atoms with E-state index < -0.39 is 0 Å². The fourth-order valence-corrected chi connectivity index (χ4v) is 8.57. The van der Waals surface area contributed by atoms with Crippen molar-refractivity contribution in [3.63, 3.8) is 0 Å². The van der Waals surface area contributed by atoms with Crippen molar-refractivity contribution >= 4 is 32.3 Å². The molecular formula is C45H30. The largest absolute Gasteiger partial charge is 0.0622 e. The van der Waals surface area contributed by atoms with Gasteiger partial charge in [-0.15, -0.1) is 0 Å². The van der Waals surface area contributed by atoms with E-state index in [0.29, 0.717) is 0 Å². The van der Waals surface area contributed by atoms with Gasteiger partial charge >= 0.3 is 0 Å². The zero-order valence-electron chi connectivity index (χ0n) is 25.4. The van der Waals surface area contributed by atoms with Crippen molar-refractivity contribution in [2.24, 2.45) is 0 Å². The molecule has 8 aromatic carbocycles. The van der Waals surface area contributed by atoms with E-state index in [-0.39, 0.29) is 5.41 Å². The lowest BCUT2D eigenvalue weighted by molar-refractivity contribution is 0.646. The minimum absolute atomic E-state index is 0.131. The molecule has 210 valence electrons. The van der Waals surface area contributed by atoms with Gasteiger partial charge in [0.1, 0.15) is 0 Å². The maximum absolute atomic E-state index is 2.43. The molecule has 0 fully saturated rings. The molecule has 0 spiro atoms. The average molecular weight is 571 g/mol. The highest BCUT2D eigenvalue weighted by Crippen LogP contribution is 2.61. The summed E-state index contributed by atoms with van der Waals surface area (Å²) in [4.78, 5) is 0. The van der Waals surface area contributed by atoms with Crippen molar-refractivity contribution in [1.29, 1.82) is 0 Å². The van der Waals surface area contributed by atoms with E-state index >= 15 is 0 Å². The third-order valence-corrected chi connectivity index (χ3v) is 10.6. The Balaban J connectivity index is 1.41. The lowest BCUT2D eigenvalue weighted by Gasteiger charge is -2.36. The van der Waals surface area contributed by atoms with Crippen LogP contribution in [0, 0.1) is 0 Å². The zero-order chi connectivity index (χ0) is 29.9. The number of rotatable bonds is 2. The summed E-state index contributed by atoms with van der Waals surface area (Å²) in [5.41, 5.74) is 16.0. The fraction of sp³-hybridized carbons (Fsp3) is 0.0667. The first-order valence-electron chi connectivity index (χ1n) is 16.0. The Bertz CT molecular complexity index is 2440. The Hall–Kier alpha value is -5.46. The van der Waals surface area contributed by atoms with Gasteiger partial charge in [0.25, 0.3) is 0 Å². The summed E-state index contributed by atoms with van der Waals surface area (Å²) in [5, 5.41) is 8.02. The monoisotopic (exact) mass is 570 g/mol. The number of fused-ring (bicyclic) bond motifs is 7. The molecule has 10 rings (SSSR count). The molecule has 0 amide bonds. The molecule has 0 heteroatoms. The van der Waals surface area contributed by atoms with Crippen LogP contribution in [0.25, 0.3) is 88.0 Å². The molecule has 0 heterocycles. The summed E-state index contributed by atoms with van der Waals surface area (Å²) in [6.45, 7) is 4.82. The molecule has 2 aliphatic carbocycles. The van der Waals surface area contributed by atoms with Gasteiger partial charge in [-0.05, 0) is 111 Å². The van der Waals surface area contributed by atoms with Gasteiger partial charge in [0.2, 0.25) is 0 Å². The molecule has 0 aromatic heterocycles. The van der Waals surface area contributed by atoms with E-state index in [9.17, 15) is 0 Å². The molecule has 0 atom stereocenters. The van der Waals surface area contributed by atoms with Gasteiger partial charge in [-0.3, -0.25) is 0 Å². The maximum atomic E-state index is 2.43. The van der Waals surface area contributed by atoms with Crippen LogP contribution in [0.2, 0.25) is 0 Å².